The van der Waals surface area contributed by atoms with E-state index in [-0.39, 0.29) is 28.8 Å². The van der Waals surface area contributed by atoms with Gasteiger partial charge in [-0.1, -0.05) is 0 Å². The van der Waals surface area contributed by atoms with Crippen LogP contribution in [0, 0.1) is 0 Å². The summed E-state index contributed by atoms with van der Waals surface area (Å²) in [4.78, 5) is 4.42. The van der Waals surface area contributed by atoms with E-state index in [4.69, 9.17) is 0 Å². The van der Waals surface area contributed by atoms with Crippen LogP contribution in [0.3, 0.4) is 0 Å². The van der Waals surface area contributed by atoms with Crippen LogP contribution in [0.1, 0.15) is 43.9 Å². The lowest BCUT2D eigenvalue weighted by molar-refractivity contribution is -0.136. The molecule has 1 aliphatic rings. The minimum Gasteiger partial charge on any atom is -0.366 e. The van der Waals surface area contributed by atoms with E-state index in [0.717, 1.165) is 25.9 Å². The number of hydrogen-bond acceptors (Lipinski definition) is 4. The van der Waals surface area contributed by atoms with Crippen LogP contribution < -0.4 is 10.6 Å². The van der Waals surface area contributed by atoms with Gasteiger partial charge in [-0.05, 0) is 45.8 Å². The molecular formula is C15H20F3N5. The number of hydrogen-bond donors (Lipinski definition) is 3. The molecule has 5 nitrogen and oxygen atoms in total. The number of halogens is 3. The van der Waals surface area contributed by atoms with Crippen LogP contribution in [0.2, 0.25) is 0 Å². The molecule has 0 amide bonds. The third-order valence-corrected chi connectivity index (χ3v) is 4.04. The zero-order chi connectivity index (χ0) is 16.6. The van der Waals surface area contributed by atoms with Crippen molar-refractivity contribution >= 4 is 16.9 Å². The molecule has 0 aromatic carbocycles. The molecule has 8 heteroatoms. The lowest BCUT2D eigenvalue weighted by Crippen LogP contribution is -2.27. The zero-order valence-electron chi connectivity index (χ0n) is 13.1. The van der Waals surface area contributed by atoms with Crippen molar-refractivity contribution in [3.05, 3.63) is 17.3 Å². The first-order valence-corrected chi connectivity index (χ1v) is 7.79. The van der Waals surface area contributed by atoms with Gasteiger partial charge in [-0.25, -0.2) is 4.98 Å². The fourth-order valence-corrected chi connectivity index (χ4v) is 2.98. The summed E-state index contributed by atoms with van der Waals surface area (Å²) in [6.45, 7) is 5.30. The summed E-state index contributed by atoms with van der Waals surface area (Å²) in [5, 5.41) is 12.8. The molecule has 1 aliphatic heterocycles. The summed E-state index contributed by atoms with van der Waals surface area (Å²) in [5.41, 5.74) is 0.00973. The molecule has 126 valence electrons. The Bertz CT molecular complexity index is 686. The van der Waals surface area contributed by atoms with Crippen LogP contribution in [0.25, 0.3) is 11.0 Å². The van der Waals surface area contributed by atoms with Gasteiger partial charge in [0.15, 0.2) is 11.5 Å². The van der Waals surface area contributed by atoms with Crippen molar-refractivity contribution < 1.29 is 13.2 Å². The van der Waals surface area contributed by atoms with Crippen molar-refractivity contribution in [3.8, 4) is 0 Å². The molecule has 0 saturated carbocycles. The topological polar surface area (TPSA) is 65.6 Å². The Balaban J connectivity index is 2.12. The van der Waals surface area contributed by atoms with Crippen molar-refractivity contribution in [2.45, 2.75) is 44.8 Å². The molecule has 3 N–H and O–H groups in total. The van der Waals surface area contributed by atoms with Crippen molar-refractivity contribution in [2.75, 3.05) is 18.4 Å². The molecule has 23 heavy (non-hydrogen) atoms. The fourth-order valence-electron chi connectivity index (χ4n) is 2.98. The highest BCUT2D eigenvalue weighted by molar-refractivity contribution is 5.91. The maximum Gasteiger partial charge on any atom is 0.417 e. The van der Waals surface area contributed by atoms with Gasteiger partial charge in [-0.3, -0.25) is 5.10 Å². The van der Waals surface area contributed by atoms with Crippen LogP contribution in [0.15, 0.2) is 6.07 Å². The van der Waals surface area contributed by atoms with Gasteiger partial charge < -0.3 is 10.6 Å². The van der Waals surface area contributed by atoms with E-state index < -0.39 is 11.7 Å². The number of piperidine rings is 1. The van der Waals surface area contributed by atoms with E-state index in [0.29, 0.717) is 5.69 Å². The van der Waals surface area contributed by atoms with E-state index in [1.165, 1.54) is 6.07 Å². The van der Waals surface area contributed by atoms with Gasteiger partial charge in [0.05, 0.1) is 10.9 Å². The first kappa shape index (κ1) is 16.0. The van der Waals surface area contributed by atoms with Crippen LogP contribution in [0.5, 0.6) is 0 Å². The first-order chi connectivity index (χ1) is 10.9. The molecule has 1 saturated heterocycles. The third kappa shape index (κ3) is 3.26. The molecule has 0 unspecified atom stereocenters. The highest BCUT2D eigenvalue weighted by Crippen LogP contribution is 2.39. The Kier molecular flexibility index (Phi) is 4.18. The van der Waals surface area contributed by atoms with E-state index in [9.17, 15) is 13.2 Å². The number of aromatic amines is 1. The summed E-state index contributed by atoms with van der Waals surface area (Å²) in [6, 6.07) is 1.17. The molecule has 1 fully saturated rings. The Morgan fingerprint density at radius 1 is 1.26 bits per heavy atom. The predicted molar refractivity (Wildman–Crippen MR) is 82.5 cm³/mol. The molecule has 0 aliphatic carbocycles. The standard InChI is InChI=1S/C15H20F3N5/c1-8(2)20-13-12-10(15(16,17)18)7-11(21-14(12)23-22-13)9-3-5-19-6-4-9/h7-9,19H,3-6H2,1-2H3,(H2,20,21,22,23). The van der Waals surface area contributed by atoms with Crippen LogP contribution >= 0.6 is 0 Å². The second-order valence-corrected chi connectivity index (χ2v) is 6.21. The fraction of sp³-hybridized carbons (Fsp3) is 0.600. The number of nitrogens with one attached hydrogen (secondary N) is 3. The average molecular weight is 327 g/mol. The minimum absolute atomic E-state index is 0.0175. The second kappa shape index (κ2) is 5.99. The molecule has 0 radical (unpaired) electrons. The Morgan fingerprint density at radius 2 is 1.96 bits per heavy atom. The van der Waals surface area contributed by atoms with E-state index in [1.807, 2.05) is 13.8 Å². The minimum atomic E-state index is -4.44. The number of anilines is 1. The second-order valence-electron chi connectivity index (χ2n) is 6.21. The van der Waals surface area contributed by atoms with E-state index in [2.05, 4.69) is 25.8 Å². The molecule has 2 aromatic heterocycles. The normalized spacial score (nSPS) is 17.1. The lowest BCUT2D eigenvalue weighted by Gasteiger charge is -2.23. The molecular weight excluding hydrogens is 307 g/mol. The maximum absolute atomic E-state index is 13.6. The third-order valence-electron chi connectivity index (χ3n) is 4.04. The molecule has 0 atom stereocenters. The number of rotatable bonds is 3. The summed E-state index contributed by atoms with van der Waals surface area (Å²) in [5.74, 6) is 0.248. The predicted octanol–water partition coefficient (Wildman–Crippen LogP) is 3.26. The Labute approximate surface area is 132 Å². The van der Waals surface area contributed by atoms with Gasteiger partial charge in [-0.2, -0.15) is 18.3 Å². The van der Waals surface area contributed by atoms with Gasteiger partial charge in [0.25, 0.3) is 0 Å². The molecule has 0 spiro atoms. The van der Waals surface area contributed by atoms with Crippen LogP contribution in [-0.2, 0) is 6.18 Å². The molecule has 0 bridgehead atoms. The monoisotopic (exact) mass is 327 g/mol. The highest BCUT2D eigenvalue weighted by atomic mass is 19.4. The number of H-pyrrole nitrogens is 1. The van der Waals surface area contributed by atoms with Crippen molar-refractivity contribution in [2.24, 2.45) is 0 Å². The van der Waals surface area contributed by atoms with Crippen LogP contribution in [-0.4, -0.2) is 34.3 Å². The smallest absolute Gasteiger partial charge is 0.366 e. The molecule has 3 rings (SSSR count). The van der Waals surface area contributed by atoms with Gasteiger partial charge in [0.1, 0.15) is 0 Å². The summed E-state index contributed by atoms with van der Waals surface area (Å²) >= 11 is 0. The summed E-state index contributed by atoms with van der Waals surface area (Å²) in [7, 11) is 0. The highest BCUT2D eigenvalue weighted by Gasteiger charge is 2.36. The SMILES string of the molecule is CC(C)Nc1n[nH]c2nc(C3CCNCC3)cc(C(F)(F)F)c12. The quantitative estimate of drug-likeness (QED) is 0.809. The Hall–Kier alpha value is -1.83. The van der Waals surface area contributed by atoms with Gasteiger partial charge in [0, 0.05) is 17.7 Å². The largest absolute Gasteiger partial charge is 0.417 e. The van der Waals surface area contributed by atoms with Crippen molar-refractivity contribution in [1.82, 2.24) is 20.5 Å². The zero-order valence-corrected chi connectivity index (χ0v) is 13.1. The average Bonchev–Trinajstić information content (AvgIpc) is 2.88. The summed E-state index contributed by atoms with van der Waals surface area (Å²) < 4.78 is 40.7. The van der Waals surface area contributed by atoms with E-state index in [1.54, 1.807) is 0 Å². The summed E-state index contributed by atoms with van der Waals surface area (Å²) in [6.07, 6.45) is -2.86. The maximum atomic E-state index is 13.6. The Morgan fingerprint density at radius 3 is 2.57 bits per heavy atom. The van der Waals surface area contributed by atoms with Crippen molar-refractivity contribution in [3.63, 3.8) is 0 Å². The lowest BCUT2D eigenvalue weighted by atomic mass is 9.92. The number of nitrogens with zero attached hydrogens (tertiary/aromatic N) is 2. The first-order valence-electron chi connectivity index (χ1n) is 7.79. The number of pyridine rings is 1. The molecule has 3 heterocycles. The van der Waals surface area contributed by atoms with Crippen LogP contribution in [0.4, 0.5) is 19.0 Å². The molecule has 2 aromatic rings. The van der Waals surface area contributed by atoms with Crippen molar-refractivity contribution in [1.29, 1.82) is 0 Å². The number of aromatic nitrogens is 3. The van der Waals surface area contributed by atoms with E-state index >= 15 is 0 Å². The van der Waals surface area contributed by atoms with Gasteiger partial charge in [0.2, 0.25) is 0 Å². The number of fused-ring (bicyclic) bond motifs is 1. The number of alkyl halides is 3. The van der Waals surface area contributed by atoms with Gasteiger partial charge >= 0.3 is 6.18 Å². The van der Waals surface area contributed by atoms with Gasteiger partial charge in [-0.15, -0.1) is 0 Å².